The predicted molar refractivity (Wildman–Crippen MR) is 106 cm³/mol. The van der Waals surface area contributed by atoms with Gasteiger partial charge in [0.25, 0.3) is 0 Å². The molecular weight excluding hydrogens is 332 g/mol. The Morgan fingerprint density at radius 3 is 1.84 bits per heavy atom. The summed E-state index contributed by atoms with van der Waals surface area (Å²) in [5.74, 6) is 0. The molecule has 0 radical (unpaired) electrons. The fourth-order valence-corrected chi connectivity index (χ4v) is 5.37. The van der Waals surface area contributed by atoms with Crippen LogP contribution in [0.5, 0.6) is 0 Å². The number of nitrogens with zero attached hydrogens (tertiary/aromatic N) is 3. The first-order valence-corrected chi connectivity index (χ1v) is 10.8. The average Bonchev–Trinajstić information content (AvgIpc) is 3.02. The molecule has 5 nitrogen and oxygen atoms in total. The van der Waals surface area contributed by atoms with E-state index < -0.39 is 11.0 Å². The van der Waals surface area contributed by atoms with Crippen LogP contribution in [0.3, 0.4) is 0 Å². The quantitative estimate of drug-likeness (QED) is 0.885. The number of piperazine rings is 1. The van der Waals surface area contributed by atoms with Crippen molar-refractivity contribution in [3.05, 3.63) is 24.3 Å². The largest absolute Gasteiger partial charge is 0.370 e. The van der Waals surface area contributed by atoms with Crippen molar-refractivity contribution in [2.75, 3.05) is 68.4 Å². The van der Waals surface area contributed by atoms with Crippen molar-refractivity contribution in [2.45, 2.75) is 13.8 Å². The van der Waals surface area contributed by atoms with Gasteiger partial charge in [-0.15, -0.1) is 0 Å². The molecule has 1 aromatic rings. The van der Waals surface area contributed by atoms with Crippen molar-refractivity contribution < 1.29 is 4.21 Å². The molecule has 3 atom stereocenters. The first-order valence-electron chi connectivity index (χ1n) is 9.29. The van der Waals surface area contributed by atoms with Gasteiger partial charge in [-0.25, -0.2) is 8.51 Å². The Morgan fingerprint density at radius 1 is 0.880 bits per heavy atom. The average molecular weight is 363 g/mol. The van der Waals surface area contributed by atoms with Gasteiger partial charge in [-0.2, -0.15) is 0 Å². The van der Waals surface area contributed by atoms with Crippen LogP contribution in [-0.2, 0) is 11.0 Å². The molecule has 4 rings (SSSR count). The molecule has 0 amide bonds. The lowest BCUT2D eigenvalue weighted by atomic mass is 9.71. The normalized spacial score (nSPS) is 34.4. The molecule has 3 aliphatic heterocycles. The fourth-order valence-electron chi connectivity index (χ4n) is 4.69. The maximum Gasteiger partial charge on any atom is 0.0911 e. The number of hydrogen-bond acceptors (Lipinski definition) is 4. The Bertz CT molecular complexity index is 640. The Balaban J connectivity index is 1.43. The van der Waals surface area contributed by atoms with Crippen molar-refractivity contribution in [2.24, 2.45) is 10.8 Å². The van der Waals surface area contributed by atoms with Crippen LogP contribution in [0.25, 0.3) is 0 Å². The second-order valence-corrected chi connectivity index (χ2v) is 9.80. The van der Waals surface area contributed by atoms with E-state index in [1.807, 2.05) is 4.31 Å². The molecule has 0 aromatic heterocycles. The van der Waals surface area contributed by atoms with Gasteiger partial charge in [0.2, 0.25) is 0 Å². The summed E-state index contributed by atoms with van der Waals surface area (Å²) in [6.07, 6.45) is 1.77. The summed E-state index contributed by atoms with van der Waals surface area (Å²) in [5.41, 5.74) is 3.37. The van der Waals surface area contributed by atoms with Crippen LogP contribution in [0, 0.1) is 10.8 Å². The highest BCUT2D eigenvalue weighted by molar-refractivity contribution is 7.81. The van der Waals surface area contributed by atoms with Crippen molar-refractivity contribution >= 4 is 22.4 Å². The summed E-state index contributed by atoms with van der Waals surface area (Å²) >= 11 is 0. The van der Waals surface area contributed by atoms with Gasteiger partial charge >= 0.3 is 0 Å². The molecule has 1 N–H and O–H groups in total. The summed E-state index contributed by atoms with van der Waals surface area (Å²) in [6.45, 7) is 13.0. The smallest absolute Gasteiger partial charge is 0.0911 e. The van der Waals surface area contributed by atoms with Crippen LogP contribution in [0.15, 0.2) is 24.3 Å². The predicted octanol–water partition coefficient (Wildman–Crippen LogP) is 1.54. The third-order valence-corrected chi connectivity index (χ3v) is 7.84. The van der Waals surface area contributed by atoms with Crippen molar-refractivity contribution in [3.8, 4) is 0 Å². The molecule has 3 aliphatic rings. The van der Waals surface area contributed by atoms with Gasteiger partial charge in [-0.3, -0.25) is 0 Å². The lowest BCUT2D eigenvalue weighted by Gasteiger charge is -2.34. The number of anilines is 2. The Hall–Kier alpha value is -1.11. The van der Waals surface area contributed by atoms with Gasteiger partial charge < -0.3 is 15.1 Å². The van der Waals surface area contributed by atoms with Gasteiger partial charge in [0.15, 0.2) is 0 Å². The molecular formula is C19H30N4OS. The standard InChI is InChI=1S/C19H30N4OS/c1-18-12-20-13-19(18,2)15-22(14-18)17-6-4-16(5-7-17)21-8-10-23(11-9-21)25(3)24/h4-7,20H,8-15H2,1-3H3/t18-,19+,25?. The highest BCUT2D eigenvalue weighted by Gasteiger charge is 2.54. The second-order valence-electron chi connectivity index (χ2n) is 8.44. The highest BCUT2D eigenvalue weighted by Crippen LogP contribution is 2.49. The molecule has 1 unspecified atom stereocenters. The van der Waals surface area contributed by atoms with Gasteiger partial charge in [0.1, 0.15) is 0 Å². The van der Waals surface area contributed by atoms with Crippen LogP contribution in [0.1, 0.15) is 13.8 Å². The molecule has 138 valence electrons. The van der Waals surface area contributed by atoms with Crippen molar-refractivity contribution in [1.82, 2.24) is 9.62 Å². The Kier molecular flexibility index (Phi) is 4.33. The lowest BCUT2D eigenvalue weighted by molar-refractivity contribution is 0.212. The first-order chi connectivity index (χ1) is 11.9. The molecule has 0 spiro atoms. The topological polar surface area (TPSA) is 38.8 Å². The zero-order valence-electron chi connectivity index (χ0n) is 15.6. The van der Waals surface area contributed by atoms with E-state index in [0.717, 1.165) is 52.4 Å². The Morgan fingerprint density at radius 2 is 1.36 bits per heavy atom. The monoisotopic (exact) mass is 362 g/mol. The van der Waals surface area contributed by atoms with E-state index in [4.69, 9.17) is 0 Å². The van der Waals surface area contributed by atoms with Gasteiger partial charge in [0, 0.05) is 80.8 Å². The minimum absolute atomic E-state index is 0.373. The second kappa shape index (κ2) is 6.25. The number of benzene rings is 1. The number of rotatable bonds is 3. The number of hydrogen-bond donors (Lipinski definition) is 1. The summed E-state index contributed by atoms with van der Waals surface area (Å²) in [7, 11) is -0.844. The summed E-state index contributed by atoms with van der Waals surface area (Å²) in [4.78, 5) is 4.96. The molecule has 0 aliphatic carbocycles. The van der Waals surface area contributed by atoms with E-state index >= 15 is 0 Å². The fraction of sp³-hybridized carbons (Fsp3) is 0.684. The van der Waals surface area contributed by atoms with E-state index in [1.165, 1.54) is 11.4 Å². The molecule has 3 saturated heterocycles. The summed E-state index contributed by atoms with van der Waals surface area (Å²) < 4.78 is 13.6. The molecule has 1 aromatic carbocycles. The maximum absolute atomic E-state index is 11.6. The summed E-state index contributed by atoms with van der Waals surface area (Å²) in [6, 6.07) is 9.07. The third kappa shape index (κ3) is 2.98. The number of nitrogens with one attached hydrogen (secondary N) is 1. The van der Waals surface area contributed by atoms with E-state index in [9.17, 15) is 4.21 Å². The van der Waals surface area contributed by atoms with Gasteiger partial charge in [0.05, 0.1) is 11.0 Å². The minimum atomic E-state index is -0.844. The lowest BCUT2D eigenvalue weighted by Crippen LogP contribution is -2.46. The molecule has 0 saturated carbocycles. The van der Waals surface area contributed by atoms with Crippen LogP contribution < -0.4 is 15.1 Å². The summed E-state index contributed by atoms with van der Waals surface area (Å²) in [5, 5.41) is 3.58. The maximum atomic E-state index is 11.6. The Labute approximate surface area is 153 Å². The van der Waals surface area contributed by atoms with Crippen molar-refractivity contribution in [3.63, 3.8) is 0 Å². The van der Waals surface area contributed by atoms with Gasteiger partial charge in [-0.1, -0.05) is 13.8 Å². The number of fused-ring (bicyclic) bond motifs is 1. The van der Waals surface area contributed by atoms with E-state index in [2.05, 4.69) is 53.2 Å². The van der Waals surface area contributed by atoms with Crippen LogP contribution in [0.4, 0.5) is 11.4 Å². The van der Waals surface area contributed by atoms with Gasteiger partial charge in [-0.05, 0) is 24.3 Å². The van der Waals surface area contributed by atoms with E-state index in [-0.39, 0.29) is 0 Å². The van der Waals surface area contributed by atoms with E-state index in [1.54, 1.807) is 6.26 Å². The SMILES string of the molecule is CS(=O)N1CCN(c2ccc(N3C[C@]4(C)CNC[C@]4(C)C3)cc2)CC1. The highest BCUT2D eigenvalue weighted by atomic mass is 32.2. The molecule has 3 heterocycles. The first kappa shape index (κ1) is 17.3. The molecule has 3 fully saturated rings. The van der Waals surface area contributed by atoms with Crippen LogP contribution in [-0.4, -0.2) is 67.1 Å². The third-order valence-electron chi connectivity index (χ3n) is 6.75. The zero-order chi connectivity index (χ0) is 17.7. The molecule has 25 heavy (non-hydrogen) atoms. The van der Waals surface area contributed by atoms with E-state index in [0.29, 0.717) is 10.8 Å². The van der Waals surface area contributed by atoms with Crippen LogP contribution >= 0.6 is 0 Å². The zero-order valence-corrected chi connectivity index (χ0v) is 16.4. The minimum Gasteiger partial charge on any atom is -0.370 e. The molecule has 6 heteroatoms. The van der Waals surface area contributed by atoms with Crippen molar-refractivity contribution in [1.29, 1.82) is 0 Å². The molecule has 0 bridgehead atoms. The van der Waals surface area contributed by atoms with Crippen LogP contribution in [0.2, 0.25) is 0 Å².